The molecule has 0 radical (unpaired) electrons. The smallest absolute Gasteiger partial charge is 0.142 e. The lowest BCUT2D eigenvalue weighted by Gasteiger charge is -2.07. The Balaban J connectivity index is 2.04. The van der Waals surface area contributed by atoms with Crippen LogP contribution in [0.25, 0.3) is 0 Å². The van der Waals surface area contributed by atoms with E-state index in [4.69, 9.17) is 22.1 Å². The van der Waals surface area contributed by atoms with Crippen molar-refractivity contribution < 1.29 is 4.74 Å². The summed E-state index contributed by atoms with van der Waals surface area (Å²) in [5.74, 6) is 0.661. The summed E-state index contributed by atoms with van der Waals surface area (Å²) >= 11 is 10.8. The fraction of sp³-hybridized carbons (Fsp3) is 0.0909. The number of halogens is 2. The van der Waals surface area contributed by atoms with Crippen LogP contribution in [0.5, 0.6) is 5.75 Å². The molecule has 0 spiro atoms. The summed E-state index contributed by atoms with van der Waals surface area (Å²) in [6.07, 6.45) is 0. The highest BCUT2D eigenvalue weighted by Crippen LogP contribution is 2.27. The third kappa shape index (κ3) is 2.90. The predicted molar refractivity (Wildman–Crippen MR) is 72.2 cm³/mol. The number of nitrogens with two attached hydrogens (primary N) is 1. The van der Waals surface area contributed by atoms with Gasteiger partial charge in [0.2, 0.25) is 0 Å². The maximum absolute atomic E-state index is 5.80. The minimum Gasteiger partial charge on any atom is -0.486 e. The summed E-state index contributed by atoms with van der Waals surface area (Å²) in [6.45, 7) is 0.516. The molecule has 0 bridgehead atoms. The highest BCUT2D eigenvalue weighted by molar-refractivity contribution is 9.11. The Hall–Kier alpha value is -0.710. The van der Waals surface area contributed by atoms with E-state index in [1.54, 1.807) is 29.5 Å². The van der Waals surface area contributed by atoms with Gasteiger partial charge < -0.3 is 10.5 Å². The predicted octanol–water partition coefficient (Wildman–Crippen LogP) is 4.33. The zero-order valence-electron chi connectivity index (χ0n) is 8.24. The quantitative estimate of drug-likeness (QED) is 0.855. The fourth-order valence-corrected chi connectivity index (χ4v) is 2.81. The van der Waals surface area contributed by atoms with Gasteiger partial charge in [-0.05, 0) is 46.3 Å². The third-order valence-electron chi connectivity index (χ3n) is 1.97. The molecule has 0 aliphatic carbocycles. The van der Waals surface area contributed by atoms with Crippen molar-refractivity contribution in [3.63, 3.8) is 0 Å². The number of thiophene rings is 1. The van der Waals surface area contributed by atoms with Crippen molar-refractivity contribution >= 4 is 44.6 Å². The lowest BCUT2D eigenvalue weighted by atomic mass is 10.3. The van der Waals surface area contributed by atoms with Gasteiger partial charge >= 0.3 is 0 Å². The Morgan fingerprint density at radius 2 is 2.12 bits per heavy atom. The van der Waals surface area contributed by atoms with E-state index in [9.17, 15) is 0 Å². The van der Waals surface area contributed by atoms with Gasteiger partial charge in [-0.3, -0.25) is 0 Å². The molecule has 84 valence electrons. The van der Waals surface area contributed by atoms with Crippen LogP contribution in [0.4, 0.5) is 5.69 Å². The van der Waals surface area contributed by atoms with Crippen molar-refractivity contribution in [1.82, 2.24) is 0 Å². The standard InChI is InChI=1S/C11H9BrClNOS/c12-11-4-2-8(16-11)6-15-10-3-1-7(13)5-9(10)14/h1-5H,6,14H2. The highest BCUT2D eigenvalue weighted by Gasteiger charge is 2.03. The molecule has 0 aliphatic rings. The van der Waals surface area contributed by atoms with Gasteiger partial charge in [0.1, 0.15) is 12.4 Å². The molecule has 1 aromatic heterocycles. The summed E-state index contributed by atoms with van der Waals surface area (Å²) in [6, 6.07) is 9.23. The van der Waals surface area contributed by atoms with Gasteiger partial charge in [-0.2, -0.15) is 0 Å². The van der Waals surface area contributed by atoms with Gasteiger partial charge in [0.15, 0.2) is 0 Å². The minimum absolute atomic E-state index is 0.516. The number of nitrogen functional groups attached to an aromatic ring is 1. The summed E-state index contributed by atoms with van der Waals surface area (Å²) in [4.78, 5) is 1.14. The van der Waals surface area contributed by atoms with Crippen molar-refractivity contribution in [2.24, 2.45) is 0 Å². The van der Waals surface area contributed by atoms with Crippen molar-refractivity contribution in [2.45, 2.75) is 6.61 Å². The molecule has 0 aliphatic heterocycles. The van der Waals surface area contributed by atoms with Crippen LogP contribution in [0.3, 0.4) is 0 Å². The molecule has 2 N–H and O–H groups in total. The Kier molecular flexibility index (Phi) is 3.74. The molecule has 0 atom stereocenters. The first-order chi connectivity index (χ1) is 7.65. The maximum Gasteiger partial charge on any atom is 0.142 e. The third-order valence-corrected chi connectivity index (χ3v) is 3.80. The van der Waals surface area contributed by atoms with Gasteiger partial charge in [0, 0.05) is 9.90 Å². The van der Waals surface area contributed by atoms with E-state index in [0.29, 0.717) is 23.1 Å². The van der Waals surface area contributed by atoms with Crippen LogP contribution in [-0.4, -0.2) is 0 Å². The van der Waals surface area contributed by atoms with E-state index in [2.05, 4.69) is 15.9 Å². The SMILES string of the molecule is Nc1cc(Cl)ccc1OCc1ccc(Br)s1. The van der Waals surface area contributed by atoms with E-state index >= 15 is 0 Å². The van der Waals surface area contributed by atoms with Gasteiger partial charge in [-0.15, -0.1) is 11.3 Å². The second-order valence-electron chi connectivity index (χ2n) is 3.18. The monoisotopic (exact) mass is 317 g/mol. The summed E-state index contributed by atoms with van der Waals surface area (Å²) < 4.78 is 6.69. The van der Waals surface area contributed by atoms with E-state index < -0.39 is 0 Å². The first kappa shape index (κ1) is 11.8. The van der Waals surface area contributed by atoms with Crippen molar-refractivity contribution in [3.05, 3.63) is 44.0 Å². The normalized spacial score (nSPS) is 10.4. The molecule has 2 nitrogen and oxygen atoms in total. The van der Waals surface area contributed by atoms with Crippen LogP contribution in [0.1, 0.15) is 4.88 Å². The van der Waals surface area contributed by atoms with Gasteiger partial charge in [0.05, 0.1) is 9.47 Å². The Labute approximate surface area is 111 Å². The largest absolute Gasteiger partial charge is 0.486 e. The maximum atomic E-state index is 5.80. The van der Waals surface area contributed by atoms with Crippen LogP contribution >= 0.6 is 38.9 Å². The van der Waals surface area contributed by atoms with E-state index in [1.807, 2.05) is 12.1 Å². The van der Waals surface area contributed by atoms with Crippen molar-refractivity contribution in [1.29, 1.82) is 0 Å². The van der Waals surface area contributed by atoms with Crippen LogP contribution in [0, 0.1) is 0 Å². The Morgan fingerprint density at radius 3 is 2.75 bits per heavy atom. The second kappa shape index (κ2) is 5.08. The highest BCUT2D eigenvalue weighted by atomic mass is 79.9. The molecule has 1 heterocycles. The summed E-state index contributed by atoms with van der Waals surface area (Å²) in [5.41, 5.74) is 6.33. The molecule has 0 fully saturated rings. The molecular formula is C11H9BrClNOS. The molecule has 0 amide bonds. The first-order valence-corrected chi connectivity index (χ1v) is 6.56. The minimum atomic E-state index is 0.516. The van der Waals surface area contributed by atoms with E-state index in [-0.39, 0.29) is 0 Å². The van der Waals surface area contributed by atoms with Crippen LogP contribution < -0.4 is 10.5 Å². The zero-order valence-corrected chi connectivity index (χ0v) is 11.4. The van der Waals surface area contributed by atoms with Gasteiger partial charge in [-0.1, -0.05) is 11.6 Å². The molecule has 2 aromatic rings. The van der Waals surface area contributed by atoms with Crippen LogP contribution in [0.15, 0.2) is 34.1 Å². The number of anilines is 1. The van der Waals surface area contributed by atoms with E-state index in [1.165, 1.54) is 0 Å². The second-order valence-corrected chi connectivity index (χ2v) is 6.16. The Morgan fingerprint density at radius 1 is 1.31 bits per heavy atom. The molecule has 0 unspecified atom stereocenters. The summed E-state index contributed by atoms with van der Waals surface area (Å²) in [7, 11) is 0. The number of hydrogen-bond acceptors (Lipinski definition) is 3. The summed E-state index contributed by atoms with van der Waals surface area (Å²) in [5, 5.41) is 0.615. The van der Waals surface area contributed by atoms with Crippen molar-refractivity contribution in [3.8, 4) is 5.75 Å². The Bertz CT molecular complexity index is 500. The van der Waals surface area contributed by atoms with Gasteiger partial charge in [0.25, 0.3) is 0 Å². The molecule has 0 saturated heterocycles. The average molecular weight is 319 g/mol. The number of hydrogen-bond donors (Lipinski definition) is 1. The zero-order chi connectivity index (χ0) is 11.5. The van der Waals surface area contributed by atoms with Crippen molar-refractivity contribution in [2.75, 3.05) is 5.73 Å². The van der Waals surface area contributed by atoms with Crippen LogP contribution in [-0.2, 0) is 6.61 Å². The molecule has 0 saturated carbocycles. The molecule has 1 aromatic carbocycles. The molecule has 16 heavy (non-hydrogen) atoms. The lowest BCUT2D eigenvalue weighted by Crippen LogP contribution is -1.96. The number of ether oxygens (including phenoxy) is 1. The number of rotatable bonds is 3. The number of benzene rings is 1. The van der Waals surface area contributed by atoms with E-state index in [0.717, 1.165) is 8.66 Å². The molecule has 2 rings (SSSR count). The van der Waals surface area contributed by atoms with Gasteiger partial charge in [-0.25, -0.2) is 0 Å². The fourth-order valence-electron chi connectivity index (χ4n) is 1.23. The van der Waals surface area contributed by atoms with Crippen LogP contribution in [0.2, 0.25) is 5.02 Å². The first-order valence-electron chi connectivity index (χ1n) is 4.57. The topological polar surface area (TPSA) is 35.2 Å². The average Bonchev–Trinajstić information content (AvgIpc) is 2.63. The lowest BCUT2D eigenvalue weighted by molar-refractivity contribution is 0.311. The molecule has 5 heteroatoms. The molecular weight excluding hydrogens is 310 g/mol.